The van der Waals surface area contributed by atoms with E-state index in [1.54, 1.807) is 7.11 Å². The average Bonchev–Trinajstić information content (AvgIpc) is 2.87. The van der Waals surface area contributed by atoms with Crippen LogP contribution < -0.4 is 9.47 Å². The van der Waals surface area contributed by atoms with Gasteiger partial charge < -0.3 is 29.7 Å². The second-order valence-corrected chi connectivity index (χ2v) is 9.90. The summed E-state index contributed by atoms with van der Waals surface area (Å²) in [6.45, 7) is 12.4. The molecule has 2 heterocycles. The summed E-state index contributed by atoms with van der Waals surface area (Å²) >= 11 is 0. The van der Waals surface area contributed by atoms with Gasteiger partial charge in [-0.05, 0) is 35.7 Å². The van der Waals surface area contributed by atoms with Gasteiger partial charge in [0.2, 0.25) is 0 Å². The number of rotatable bonds is 9. The lowest BCUT2D eigenvalue weighted by atomic mass is 9.86. The molecule has 0 bridgehead atoms. The van der Waals surface area contributed by atoms with Gasteiger partial charge in [-0.25, -0.2) is 9.59 Å². The average molecular weight is 518 g/mol. The predicted molar refractivity (Wildman–Crippen MR) is 139 cm³/mol. The van der Waals surface area contributed by atoms with Gasteiger partial charge in [-0.1, -0.05) is 26.8 Å². The third-order valence-corrected chi connectivity index (χ3v) is 5.95. The number of aliphatic hydroxyl groups is 1. The molecule has 37 heavy (non-hydrogen) atoms. The first-order valence-electron chi connectivity index (χ1n) is 12.3. The van der Waals surface area contributed by atoms with Crippen molar-refractivity contribution in [2.45, 2.75) is 38.7 Å². The molecule has 1 saturated heterocycles. The molecule has 1 fully saturated rings. The number of carboxylic acids is 2. The maximum absolute atomic E-state index is 10.6. The Hall–Kier alpha value is -3.21. The zero-order valence-electron chi connectivity index (χ0n) is 22.1. The highest BCUT2D eigenvalue weighted by Gasteiger charge is 2.22. The number of β-amino-alcohol motifs (C(OH)–C–C–N with tert-alkyl or cyclic N) is 1. The van der Waals surface area contributed by atoms with Crippen LogP contribution >= 0.6 is 0 Å². The number of pyridine rings is 1. The zero-order chi connectivity index (χ0) is 27.4. The van der Waals surface area contributed by atoms with E-state index in [0.29, 0.717) is 6.54 Å². The smallest absolute Gasteiger partial charge is 0.414 e. The summed E-state index contributed by atoms with van der Waals surface area (Å²) in [5, 5.41) is 25.3. The zero-order valence-corrected chi connectivity index (χ0v) is 22.1. The van der Waals surface area contributed by atoms with Crippen molar-refractivity contribution in [1.82, 2.24) is 14.8 Å². The highest BCUT2D eigenvalue weighted by atomic mass is 16.5. The van der Waals surface area contributed by atoms with Crippen LogP contribution in [0.25, 0.3) is 0 Å². The van der Waals surface area contributed by atoms with Gasteiger partial charge in [0.25, 0.3) is 0 Å². The first kappa shape index (κ1) is 30.0. The summed E-state index contributed by atoms with van der Waals surface area (Å²) in [6, 6.07) is 11.9. The minimum Gasteiger partial charge on any atom is -0.497 e. The summed E-state index contributed by atoms with van der Waals surface area (Å²) in [7, 11) is 1.67. The number of hydrogen-bond donors (Lipinski definition) is 3. The standard InChI is InChI=1S/C25H37N3O3.C2H2O4/c1-25(2,3)23-17-22(30-4)8-9-24(23)31-19-21(29)18-28-15-13-27(14-16-28)12-10-20-7-5-6-11-26-20;3-1(4)2(5)6/h5-9,11,17,21,29H,10,12-16,18-19H2,1-4H3;(H,3,4)(H,5,6). The maximum atomic E-state index is 10.6. The lowest BCUT2D eigenvalue weighted by Crippen LogP contribution is -2.49. The molecule has 1 unspecified atom stereocenters. The first-order chi connectivity index (χ1) is 17.5. The molecule has 10 heteroatoms. The molecule has 0 spiro atoms. The van der Waals surface area contributed by atoms with Crippen LogP contribution in [0.15, 0.2) is 42.6 Å². The lowest BCUT2D eigenvalue weighted by molar-refractivity contribution is -0.159. The number of nitrogens with zero attached hydrogens (tertiary/aromatic N) is 3. The fourth-order valence-electron chi connectivity index (χ4n) is 3.90. The van der Waals surface area contributed by atoms with Gasteiger partial charge >= 0.3 is 11.9 Å². The molecule has 10 nitrogen and oxygen atoms in total. The van der Waals surface area contributed by atoms with Crippen LogP contribution in [0.1, 0.15) is 32.0 Å². The summed E-state index contributed by atoms with van der Waals surface area (Å²) in [6.07, 6.45) is 2.32. The number of ether oxygens (including phenoxy) is 2. The van der Waals surface area contributed by atoms with E-state index >= 15 is 0 Å². The molecule has 1 aromatic carbocycles. The van der Waals surface area contributed by atoms with Crippen molar-refractivity contribution in [3.8, 4) is 11.5 Å². The SMILES string of the molecule is COc1ccc(OCC(O)CN2CCN(CCc3ccccn3)CC2)c(C(C)(C)C)c1.O=C(O)C(=O)O. The second kappa shape index (κ2) is 14.5. The molecule has 1 atom stereocenters. The van der Waals surface area contributed by atoms with Crippen molar-refractivity contribution in [3.05, 3.63) is 53.9 Å². The van der Waals surface area contributed by atoms with E-state index in [0.717, 1.165) is 61.9 Å². The Labute approximate surface area is 218 Å². The van der Waals surface area contributed by atoms with Gasteiger partial charge in [-0.15, -0.1) is 0 Å². The monoisotopic (exact) mass is 517 g/mol. The Kier molecular flexibility index (Phi) is 11.8. The minimum atomic E-state index is -1.82. The fraction of sp³-hybridized carbons (Fsp3) is 0.519. The van der Waals surface area contributed by atoms with Crippen LogP contribution in [0.2, 0.25) is 0 Å². The molecule has 1 aliphatic rings. The number of hydrogen-bond acceptors (Lipinski definition) is 8. The first-order valence-corrected chi connectivity index (χ1v) is 12.3. The summed E-state index contributed by atoms with van der Waals surface area (Å²) in [4.78, 5) is 27.4. The normalized spacial score (nSPS) is 15.3. The number of aliphatic hydroxyl groups excluding tert-OH is 1. The Morgan fingerprint density at radius 3 is 2.22 bits per heavy atom. The molecule has 0 saturated carbocycles. The van der Waals surface area contributed by atoms with Crippen LogP contribution in [-0.2, 0) is 21.4 Å². The number of carbonyl (C=O) groups is 2. The molecule has 0 radical (unpaired) electrons. The van der Waals surface area contributed by atoms with E-state index in [1.807, 2.05) is 36.5 Å². The van der Waals surface area contributed by atoms with Gasteiger partial charge in [0.1, 0.15) is 24.2 Å². The van der Waals surface area contributed by atoms with Gasteiger partial charge in [-0.2, -0.15) is 0 Å². The molecule has 1 aliphatic heterocycles. The number of benzene rings is 1. The van der Waals surface area contributed by atoms with Crippen LogP contribution in [0.3, 0.4) is 0 Å². The Morgan fingerprint density at radius 2 is 1.68 bits per heavy atom. The highest BCUT2D eigenvalue weighted by molar-refractivity contribution is 6.27. The van der Waals surface area contributed by atoms with Crippen molar-refractivity contribution in [2.75, 3.05) is 53.0 Å². The second-order valence-electron chi connectivity index (χ2n) is 9.90. The number of piperazine rings is 1. The fourth-order valence-corrected chi connectivity index (χ4v) is 3.90. The summed E-state index contributed by atoms with van der Waals surface area (Å²) in [5.41, 5.74) is 2.16. The quantitative estimate of drug-likeness (QED) is 0.425. The van der Waals surface area contributed by atoms with Gasteiger partial charge in [0.05, 0.1) is 7.11 Å². The minimum absolute atomic E-state index is 0.0690. The molecular weight excluding hydrogens is 478 g/mol. The highest BCUT2D eigenvalue weighted by Crippen LogP contribution is 2.34. The van der Waals surface area contributed by atoms with E-state index in [-0.39, 0.29) is 12.0 Å². The van der Waals surface area contributed by atoms with Gasteiger partial charge in [0.15, 0.2) is 0 Å². The number of aliphatic carboxylic acids is 2. The van der Waals surface area contributed by atoms with Crippen LogP contribution in [0.5, 0.6) is 11.5 Å². The Morgan fingerprint density at radius 1 is 1.03 bits per heavy atom. The van der Waals surface area contributed by atoms with Crippen LogP contribution in [0, 0.1) is 0 Å². The predicted octanol–water partition coefficient (Wildman–Crippen LogP) is 2.14. The Balaban J connectivity index is 0.000000717. The van der Waals surface area contributed by atoms with E-state index in [2.05, 4.69) is 41.6 Å². The van der Waals surface area contributed by atoms with E-state index < -0.39 is 18.0 Å². The third-order valence-electron chi connectivity index (χ3n) is 5.95. The molecule has 0 amide bonds. The van der Waals surface area contributed by atoms with Crippen LogP contribution in [-0.4, -0.2) is 101 Å². The van der Waals surface area contributed by atoms with Crippen LogP contribution in [0.4, 0.5) is 0 Å². The van der Waals surface area contributed by atoms with Crippen molar-refractivity contribution in [2.24, 2.45) is 0 Å². The summed E-state index contributed by atoms with van der Waals surface area (Å²) in [5.74, 6) is -2.02. The summed E-state index contributed by atoms with van der Waals surface area (Å²) < 4.78 is 11.4. The molecular formula is C27H39N3O7. The van der Waals surface area contributed by atoms with Crippen molar-refractivity contribution in [1.29, 1.82) is 0 Å². The van der Waals surface area contributed by atoms with Crippen molar-refractivity contribution >= 4 is 11.9 Å². The number of methoxy groups -OCH3 is 1. The number of carboxylic acid groups (broad SMARTS) is 2. The molecule has 3 N–H and O–H groups in total. The largest absolute Gasteiger partial charge is 0.497 e. The number of aromatic nitrogens is 1. The molecule has 204 valence electrons. The molecule has 1 aromatic heterocycles. The maximum Gasteiger partial charge on any atom is 0.414 e. The van der Waals surface area contributed by atoms with Gasteiger partial charge in [-0.3, -0.25) is 9.88 Å². The Bertz CT molecular complexity index is 975. The van der Waals surface area contributed by atoms with E-state index in [9.17, 15) is 5.11 Å². The van der Waals surface area contributed by atoms with Gasteiger partial charge in [0, 0.05) is 63.1 Å². The topological polar surface area (TPSA) is 133 Å². The third kappa shape index (κ3) is 10.7. The van der Waals surface area contributed by atoms with E-state index in [1.165, 1.54) is 0 Å². The lowest BCUT2D eigenvalue weighted by Gasteiger charge is -2.35. The van der Waals surface area contributed by atoms with Crippen molar-refractivity contribution < 1.29 is 34.4 Å². The molecule has 0 aliphatic carbocycles. The van der Waals surface area contributed by atoms with Crippen molar-refractivity contribution in [3.63, 3.8) is 0 Å². The molecule has 3 rings (SSSR count). The molecule has 2 aromatic rings. The van der Waals surface area contributed by atoms with E-state index in [4.69, 9.17) is 29.3 Å².